The average molecular weight is 168 g/mol. The Kier molecular flexibility index (Phi) is 4.20. The fourth-order valence-electron chi connectivity index (χ4n) is 1.62. The van der Waals surface area contributed by atoms with Crippen LogP contribution in [-0.4, -0.2) is 6.61 Å². The predicted molar refractivity (Wildman–Crippen MR) is 52.0 cm³/mol. The zero-order valence-electron chi connectivity index (χ0n) is 8.36. The molecule has 0 aromatic heterocycles. The molecule has 0 bridgehead atoms. The van der Waals surface area contributed by atoms with Crippen molar-refractivity contribution in [2.45, 2.75) is 52.4 Å². The minimum Gasteiger partial charge on any atom is -0.498 e. The highest BCUT2D eigenvalue weighted by Crippen LogP contribution is 2.22. The van der Waals surface area contributed by atoms with Gasteiger partial charge >= 0.3 is 0 Å². The lowest BCUT2D eigenvalue weighted by Crippen LogP contribution is -2.05. The molecule has 1 heteroatoms. The topological polar surface area (TPSA) is 9.23 Å². The van der Waals surface area contributed by atoms with Gasteiger partial charge in [0.1, 0.15) is 0 Å². The van der Waals surface area contributed by atoms with Gasteiger partial charge < -0.3 is 4.74 Å². The van der Waals surface area contributed by atoms with Gasteiger partial charge in [-0.2, -0.15) is 0 Å². The Morgan fingerprint density at radius 2 is 2.17 bits per heavy atom. The summed E-state index contributed by atoms with van der Waals surface area (Å²) in [7, 11) is 0. The van der Waals surface area contributed by atoms with E-state index in [1.54, 1.807) is 0 Å². The summed E-state index contributed by atoms with van der Waals surface area (Å²) in [5.74, 6) is 1.29. The van der Waals surface area contributed by atoms with E-state index in [-0.39, 0.29) is 0 Å². The Labute approximate surface area is 75.8 Å². The molecular formula is C11H20O. The van der Waals surface area contributed by atoms with Crippen molar-refractivity contribution in [3.05, 3.63) is 11.3 Å². The second kappa shape index (κ2) is 5.23. The van der Waals surface area contributed by atoms with Crippen LogP contribution in [0.2, 0.25) is 0 Å². The summed E-state index contributed by atoms with van der Waals surface area (Å²) in [5.41, 5.74) is 1.48. The molecule has 1 nitrogen and oxygen atoms in total. The maximum atomic E-state index is 5.62. The maximum Gasteiger partial charge on any atom is 0.0948 e. The van der Waals surface area contributed by atoms with Gasteiger partial charge in [0.05, 0.1) is 12.4 Å². The van der Waals surface area contributed by atoms with E-state index < -0.39 is 0 Å². The van der Waals surface area contributed by atoms with Gasteiger partial charge in [0.2, 0.25) is 0 Å². The molecule has 1 heterocycles. The Morgan fingerprint density at radius 1 is 1.33 bits per heavy atom. The van der Waals surface area contributed by atoms with Crippen molar-refractivity contribution in [2.75, 3.05) is 6.61 Å². The molecule has 0 aromatic rings. The number of allylic oxidation sites excluding steroid dienone is 2. The number of hydrogen-bond donors (Lipinski definition) is 0. The molecule has 1 aliphatic rings. The molecule has 0 aromatic carbocycles. The van der Waals surface area contributed by atoms with Gasteiger partial charge in [-0.3, -0.25) is 0 Å². The Hall–Kier alpha value is -0.460. The highest BCUT2D eigenvalue weighted by Gasteiger charge is 2.08. The van der Waals surface area contributed by atoms with Gasteiger partial charge in [0.25, 0.3) is 0 Å². The second-order valence-corrected chi connectivity index (χ2v) is 3.61. The SMILES string of the molecule is CCCCCC1=C(C)CCCO1. The van der Waals surface area contributed by atoms with Crippen molar-refractivity contribution in [1.29, 1.82) is 0 Å². The van der Waals surface area contributed by atoms with E-state index in [0.29, 0.717) is 0 Å². The molecule has 0 radical (unpaired) electrons. The summed E-state index contributed by atoms with van der Waals surface area (Å²) in [4.78, 5) is 0. The summed E-state index contributed by atoms with van der Waals surface area (Å²) in [6.07, 6.45) is 7.56. The second-order valence-electron chi connectivity index (χ2n) is 3.61. The van der Waals surface area contributed by atoms with E-state index in [4.69, 9.17) is 4.74 Å². The highest BCUT2D eigenvalue weighted by molar-refractivity contribution is 5.07. The van der Waals surface area contributed by atoms with Crippen molar-refractivity contribution in [3.8, 4) is 0 Å². The lowest BCUT2D eigenvalue weighted by Gasteiger charge is -2.18. The number of unbranched alkanes of at least 4 members (excludes halogenated alkanes) is 2. The van der Waals surface area contributed by atoms with Crippen molar-refractivity contribution in [1.82, 2.24) is 0 Å². The summed E-state index contributed by atoms with van der Waals surface area (Å²) in [6, 6.07) is 0. The van der Waals surface area contributed by atoms with Gasteiger partial charge in [-0.1, -0.05) is 19.8 Å². The molecule has 1 aliphatic heterocycles. The van der Waals surface area contributed by atoms with Crippen LogP contribution in [0.4, 0.5) is 0 Å². The van der Waals surface area contributed by atoms with Crippen LogP contribution in [0.1, 0.15) is 52.4 Å². The van der Waals surface area contributed by atoms with Crippen LogP contribution in [-0.2, 0) is 4.74 Å². The summed E-state index contributed by atoms with van der Waals surface area (Å²) in [6.45, 7) is 5.39. The molecule has 0 atom stereocenters. The molecule has 0 unspecified atom stereocenters. The first kappa shape index (κ1) is 9.63. The van der Waals surface area contributed by atoms with Crippen LogP contribution >= 0.6 is 0 Å². The highest BCUT2D eigenvalue weighted by atomic mass is 16.5. The molecule has 0 fully saturated rings. The van der Waals surface area contributed by atoms with E-state index >= 15 is 0 Å². The zero-order chi connectivity index (χ0) is 8.81. The van der Waals surface area contributed by atoms with Gasteiger partial charge in [-0.25, -0.2) is 0 Å². The van der Waals surface area contributed by atoms with E-state index in [2.05, 4.69) is 13.8 Å². The van der Waals surface area contributed by atoms with Crippen LogP contribution in [0.15, 0.2) is 11.3 Å². The Bertz CT molecular complexity index is 158. The number of rotatable bonds is 4. The fourth-order valence-corrected chi connectivity index (χ4v) is 1.62. The van der Waals surface area contributed by atoms with Gasteiger partial charge in [-0.15, -0.1) is 0 Å². The van der Waals surface area contributed by atoms with Crippen molar-refractivity contribution in [2.24, 2.45) is 0 Å². The molecule has 0 amide bonds. The van der Waals surface area contributed by atoms with Gasteiger partial charge in [0, 0.05) is 6.42 Å². The zero-order valence-corrected chi connectivity index (χ0v) is 8.36. The van der Waals surface area contributed by atoms with Crippen molar-refractivity contribution >= 4 is 0 Å². The van der Waals surface area contributed by atoms with E-state index in [0.717, 1.165) is 6.61 Å². The molecule has 0 aliphatic carbocycles. The summed E-state index contributed by atoms with van der Waals surface area (Å²) >= 11 is 0. The molecule has 0 spiro atoms. The van der Waals surface area contributed by atoms with E-state index in [9.17, 15) is 0 Å². The molecule has 0 saturated heterocycles. The lowest BCUT2D eigenvalue weighted by molar-refractivity contribution is 0.176. The first-order chi connectivity index (χ1) is 5.84. The first-order valence-electron chi connectivity index (χ1n) is 5.16. The fraction of sp³-hybridized carbons (Fsp3) is 0.818. The average Bonchev–Trinajstić information content (AvgIpc) is 2.09. The quantitative estimate of drug-likeness (QED) is 0.582. The standard InChI is InChI=1S/C11H20O/c1-3-4-5-8-11-10(2)7-6-9-12-11/h3-9H2,1-2H3. The smallest absolute Gasteiger partial charge is 0.0948 e. The minimum absolute atomic E-state index is 0.943. The van der Waals surface area contributed by atoms with E-state index in [1.807, 2.05) is 0 Å². The van der Waals surface area contributed by atoms with Crippen LogP contribution in [0.5, 0.6) is 0 Å². The van der Waals surface area contributed by atoms with Crippen LogP contribution < -0.4 is 0 Å². The first-order valence-corrected chi connectivity index (χ1v) is 5.16. The molecule has 70 valence electrons. The summed E-state index contributed by atoms with van der Waals surface area (Å²) < 4.78 is 5.62. The van der Waals surface area contributed by atoms with Crippen LogP contribution in [0.25, 0.3) is 0 Å². The van der Waals surface area contributed by atoms with Crippen LogP contribution in [0.3, 0.4) is 0 Å². The van der Waals surface area contributed by atoms with Crippen molar-refractivity contribution in [3.63, 3.8) is 0 Å². The van der Waals surface area contributed by atoms with E-state index in [1.165, 1.54) is 49.9 Å². The number of ether oxygens (including phenoxy) is 1. The summed E-state index contributed by atoms with van der Waals surface area (Å²) in [5, 5.41) is 0. The van der Waals surface area contributed by atoms with Gasteiger partial charge in [-0.05, 0) is 31.8 Å². The van der Waals surface area contributed by atoms with Crippen molar-refractivity contribution < 1.29 is 4.74 Å². The molecular weight excluding hydrogens is 148 g/mol. The molecule has 0 saturated carbocycles. The monoisotopic (exact) mass is 168 g/mol. The lowest BCUT2D eigenvalue weighted by atomic mass is 10.0. The normalized spacial score (nSPS) is 17.8. The minimum atomic E-state index is 0.943. The Morgan fingerprint density at radius 3 is 2.83 bits per heavy atom. The molecule has 12 heavy (non-hydrogen) atoms. The Balaban J connectivity index is 2.28. The van der Waals surface area contributed by atoms with Crippen LogP contribution in [0, 0.1) is 0 Å². The molecule has 1 rings (SSSR count). The third kappa shape index (κ3) is 2.88. The third-order valence-electron chi connectivity index (χ3n) is 2.46. The predicted octanol–water partition coefficient (Wildman–Crippen LogP) is 3.65. The largest absolute Gasteiger partial charge is 0.498 e. The third-order valence-corrected chi connectivity index (χ3v) is 2.46. The van der Waals surface area contributed by atoms with Gasteiger partial charge in [0.15, 0.2) is 0 Å². The maximum absolute atomic E-state index is 5.62. The molecule has 0 N–H and O–H groups in total. The number of hydrogen-bond acceptors (Lipinski definition) is 1.